The molecule has 1 aromatic carbocycles. The Bertz CT molecular complexity index is 576. The Morgan fingerprint density at radius 2 is 1.68 bits per heavy atom. The molecule has 0 saturated heterocycles. The van der Waals surface area contributed by atoms with E-state index >= 15 is 0 Å². The predicted molar refractivity (Wildman–Crippen MR) is 81.9 cm³/mol. The summed E-state index contributed by atoms with van der Waals surface area (Å²) in [6.45, 7) is 6.52. The van der Waals surface area contributed by atoms with Crippen LogP contribution in [0.1, 0.15) is 27.2 Å². The van der Waals surface area contributed by atoms with Crippen molar-refractivity contribution in [1.29, 1.82) is 0 Å². The van der Waals surface area contributed by atoms with E-state index in [1.54, 1.807) is 0 Å². The Morgan fingerprint density at radius 1 is 1.05 bits per heavy atom. The topological polar surface area (TPSA) is 20.9 Å². The number of benzene rings is 1. The van der Waals surface area contributed by atoms with E-state index in [2.05, 4.69) is 13.0 Å². The second-order valence-electron chi connectivity index (χ2n) is 4.69. The molecule has 2 nitrogen and oxygen atoms in total. The molecule has 0 radical (unpaired) electrons. The molecule has 19 heavy (non-hydrogen) atoms. The Hall–Kier alpha value is -1.48. The molecule has 0 aliphatic heterocycles. The van der Waals surface area contributed by atoms with Crippen LogP contribution in [-0.4, -0.2) is 5.78 Å². The second kappa shape index (κ2) is 6.62. The molecule has 0 amide bonds. The van der Waals surface area contributed by atoms with Crippen molar-refractivity contribution in [3.05, 3.63) is 65.0 Å². The monoisotopic (exact) mass is 320 g/mol. The van der Waals surface area contributed by atoms with Gasteiger partial charge in [0.15, 0.2) is 11.9 Å². The molecule has 0 aliphatic rings. The Labute approximate surface area is 124 Å². The van der Waals surface area contributed by atoms with Gasteiger partial charge in [-0.25, -0.2) is 0 Å². The fourth-order valence-corrected chi connectivity index (χ4v) is 1.91. The predicted octanol–water partition coefficient (Wildman–Crippen LogP) is 3.36. The quantitative estimate of drug-likeness (QED) is 0.627. The minimum absolute atomic E-state index is 0. The fraction of sp³-hybridized carbons (Fsp3) is 0.250. The van der Waals surface area contributed by atoms with E-state index in [4.69, 9.17) is 0 Å². The molecule has 1 aromatic heterocycles. The SMILES string of the molecule is Br.Cc1ccc(C(=O)C[n+]2cccc(C)c2C)cc1. The molecule has 0 spiro atoms. The van der Waals surface area contributed by atoms with Crippen LogP contribution in [0.4, 0.5) is 0 Å². The van der Waals surface area contributed by atoms with Crippen LogP contribution in [-0.2, 0) is 6.54 Å². The van der Waals surface area contributed by atoms with Gasteiger partial charge in [-0.3, -0.25) is 4.79 Å². The van der Waals surface area contributed by atoms with E-state index in [1.807, 2.05) is 54.9 Å². The van der Waals surface area contributed by atoms with E-state index in [1.165, 1.54) is 11.1 Å². The van der Waals surface area contributed by atoms with E-state index in [0.29, 0.717) is 6.54 Å². The van der Waals surface area contributed by atoms with Gasteiger partial charge in [0.2, 0.25) is 12.3 Å². The lowest BCUT2D eigenvalue weighted by atomic mass is 10.1. The van der Waals surface area contributed by atoms with Crippen LogP contribution in [0.15, 0.2) is 42.6 Å². The van der Waals surface area contributed by atoms with Crippen LogP contribution < -0.4 is 4.57 Å². The van der Waals surface area contributed by atoms with E-state index < -0.39 is 0 Å². The van der Waals surface area contributed by atoms with Crippen molar-refractivity contribution in [2.45, 2.75) is 27.3 Å². The summed E-state index contributed by atoms with van der Waals surface area (Å²) in [6.07, 6.45) is 1.95. The Morgan fingerprint density at radius 3 is 2.32 bits per heavy atom. The van der Waals surface area contributed by atoms with Gasteiger partial charge >= 0.3 is 0 Å². The number of carbonyl (C=O) groups is 1. The van der Waals surface area contributed by atoms with Crippen LogP contribution in [0.3, 0.4) is 0 Å². The molecule has 1 heterocycles. The number of rotatable bonds is 3. The number of halogens is 1. The van der Waals surface area contributed by atoms with Crippen molar-refractivity contribution in [2.75, 3.05) is 0 Å². The Balaban J connectivity index is 0.00000180. The average molecular weight is 321 g/mol. The zero-order valence-corrected chi connectivity index (χ0v) is 13.2. The largest absolute Gasteiger partial charge is 0.287 e. The van der Waals surface area contributed by atoms with Crippen molar-refractivity contribution in [3.63, 3.8) is 0 Å². The molecule has 2 rings (SSSR count). The highest BCUT2D eigenvalue weighted by atomic mass is 79.9. The number of carbonyl (C=O) groups excluding carboxylic acids is 1. The number of pyridine rings is 1. The zero-order valence-electron chi connectivity index (χ0n) is 11.5. The van der Waals surface area contributed by atoms with Crippen molar-refractivity contribution in [3.8, 4) is 0 Å². The molecule has 0 N–H and O–H groups in total. The van der Waals surface area contributed by atoms with Crippen LogP contribution >= 0.6 is 17.0 Å². The lowest BCUT2D eigenvalue weighted by Gasteiger charge is -2.03. The van der Waals surface area contributed by atoms with Crippen LogP contribution in [0.2, 0.25) is 0 Å². The molecular formula is C16H19BrNO+. The summed E-state index contributed by atoms with van der Waals surface area (Å²) >= 11 is 0. The molecular weight excluding hydrogens is 302 g/mol. The molecule has 2 aromatic rings. The summed E-state index contributed by atoms with van der Waals surface area (Å²) in [6, 6.07) is 11.8. The van der Waals surface area contributed by atoms with Crippen molar-refractivity contribution < 1.29 is 9.36 Å². The number of aromatic nitrogens is 1. The number of aryl methyl sites for hydroxylation is 2. The van der Waals surface area contributed by atoms with Gasteiger partial charge in [-0.2, -0.15) is 4.57 Å². The third-order valence-corrected chi connectivity index (χ3v) is 3.30. The molecule has 100 valence electrons. The van der Waals surface area contributed by atoms with Crippen LogP contribution in [0.25, 0.3) is 0 Å². The first-order valence-corrected chi connectivity index (χ1v) is 6.13. The number of Topliss-reactive ketones (excluding diaryl/α,β-unsaturated/α-hetero) is 1. The van der Waals surface area contributed by atoms with Crippen molar-refractivity contribution in [1.82, 2.24) is 0 Å². The summed E-state index contributed by atoms with van der Waals surface area (Å²) < 4.78 is 2.00. The summed E-state index contributed by atoms with van der Waals surface area (Å²) in [5, 5.41) is 0. The molecule has 0 atom stereocenters. The highest BCUT2D eigenvalue weighted by molar-refractivity contribution is 8.93. The Kier molecular flexibility index (Phi) is 5.43. The van der Waals surface area contributed by atoms with Gasteiger partial charge in [-0.05, 0) is 19.9 Å². The second-order valence-corrected chi connectivity index (χ2v) is 4.69. The van der Waals surface area contributed by atoms with Gasteiger partial charge in [-0.15, -0.1) is 17.0 Å². The molecule has 0 aliphatic carbocycles. The van der Waals surface area contributed by atoms with Gasteiger partial charge in [0.1, 0.15) is 0 Å². The smallest absolute Gasteiger partial charge is 0.227 e. The number of hydrogen-bond acceptors (Lipinski definition) is 1. The normalized spacial score (nSPS) is 9.84. The maximum atomic E-state index is 12.2. The molecule has 0 saturated carbocycles. The summed E-state index contributed by atoms with van der Waals surface area (Å²) in [4.78, 5) is 12.2. The molecule has 0 fully saturated rings. The first kappa shape index (κ1) is 15.6. The highest BCUT2D eigenvalue weighted by Crippen LogP contribution is 2.05. The number of hydrogen-bond donors (Lipinski definition) is 0. The zero-order chi connectivity index (χ0) is 13.1. The van der Waals surface area contributed by atoms with E-state index in [9.17, 15) is 4.79 Å². The van der Waals surface area contributed by atoms with Crippen LogP contribution in [0.5, 0.6) is 0 Å². The van der Waals surface area contributed by atoms with Gasteiger partial charge < -0.3 is 0 Å². The van der Waals surface area contributed by atoms with E-state index in [0.717, 1.165) is 11.3 Å². The molecule has 0 bridgehead atoms. The summed E-state index contributed by atoms with van der Waals surface area (Å²) in [7, 11) is 0. The van der Waals surface area contributed by atoms with E-state index in [-0.39, 0.29) is 22.8 Å². The van der Waals surface area contributed by atoms with Gasteiger partial charge in [0, 0.05) is 24.1 Å². The maximum Gasteiger partial charge on any atom is 0.227 e. The van der Waals surface area contributed by atoms with Gasteiger partial charge in [0.05, 0.1) is 0 Å². The average Bonchev–Trinajstić information content (AvgIpc) is 2.36. The first-order chi connectivity index (χ1) is 8.58. The lowest BCUT2D eigenvalue weighted by molar-refractivity contribution is -0.689. The van der Waals surface area contributed by atoms with Gasteiger partial charge in [0.25, 0.3) is 0 Å². The van der Waals surface area contributed by atoms with Crippen molar-refractivity contribution >= 4 is 22.8 Å². The standard InChI is InChI=1S/C16H18NO.BrH/c1-12-6-8-15(9-7-12)16(18)11-17-10-4-5-13(2)14(17)3;/h4-10H,11H2,1-3H3;1H/q+1;. The van der Waals surface area contributed by atoms with Crippen LogP contribution in [0, 0.1) is 20.8 Å². The number of ketones is 1. The first-order valence-electron chi connectivity index (χ1n) is 6.13. The highest BCUT2D eigenvalue weighted by Gasteiger charge is 2.15. The van der Waals surface area contributed by atoms with Gasteiger partial charge in [-0.1, -0.05) is 29.8 Å². The lowest BCUT2D eigenvalue weighted by Crippen LogP contribution is -2.41. The minimum Gasteiger partial charge on any atom is -0.287 e. The van der Waals surface area contributed by atoms with Crippen molar-refractivity contribution in [2.24, 2.45) is 0 Å². The molecule has 0 unspecified atom stereocenters. The summed E-state index contributed by atoms with van der Waals surface area (Å²) in [5.74, 6) is 0.147. The molecule has 3 heteroatoms. The fourth-order valence-electron chi connectivity index (χ4n) is 1.91. The number of nitrogens with zero attached hydrogens (tertiary/aromatic N) is 1. The maximum absolute atomic E-state index is 12.2. The third kappa shape index (κ3) is 3.74. The minimum atomic E-state index is 0. The third-order valence-electron chi connectivity index (χ3n) is 3.30. The summed E-state index contributed by atoms with van der Waals surface area (Å²) in [5.41, 5.74) is 4.28.